The molecule has 0 unspecified atom stereocenters. The van der Waals surface area contributed by atoms with Crippen LogP contribution in [0, 0.1) is 6.07 Å². The van der Waals surface area contributed by atoms with Crippen molar-refractivity contribution in [2.24, 2.45) is 0 Å². The summed E-state index contributed by atoms with van der Waals surface area (Å²) in [5.41, 5.74) is 1.70. The van der Waals surface area contributed by atoms with E-state index in [1.54, 1.807) is 6.07 Å². The maximum absolute atomic E-state index is 10.6. The first kappa shape index (κ1) is 11.6. The number of rotatable bonds is 3. The van der Waals surface area contributed by atoms with Crippen molar-refractivity contribution in [3.05, 3.63) is 54.6 Å². The van der Waals surface area contributed by atoms with E-state index in [1.165, 1.54) is 12.1 Å². The zero-order chi connectivity index (χ0) is 12.3. The Morgan fingerprint density at radius 3 is 2.41 bits per heavy atom. The Balaban J connectivity index is 2.36. The molecule has 87 valence electrons. The van der Waals surface area contributed by atoms with Gasteiger partial charge in [-0.25, -0.2) is 0 Å². The van der Waals surface area contributed by atoms with Crippen LogP contribution in [-0.4, -0.2) is 13.0 Å². The van der Waals surface area contributed by atoms with Crippen LogP contribution in [0.2, 0.25) is 0 Å². The van der Waals surface area contributed by atoms with E-state index in [1.807, 2.05) is 30.3 Å². The summed E-state index contributed by atoms with van der Waals surface area (Å²) in [5, 5.41) is 0. The molecule has 2 aromatic rings. The molecule has 1 radical (unpaired) electrons. The molecule has 4 nitrogen and oxygen atoms in total. The van der Waals surface area contributed by atoms with Crippen molar-refractivity contribution < 1.29 is 17.2 Å². The van der Waals surface area contributed by atoms with Crippen LogP contribution in [0.15, 0.2) is 48.5 Å². The Bertz CT molecular complexity index is 605. The van der Waals surface area contributed by atoms with Crippen LogP contribution in [0.5, 0.6) is 5.75 Å². The van der Waals surface area contributed by atoms with Crippen LogP contribution >= 0.6 is 0 Å². The van der Waals surface area contributed by atoms with Gasteiger partial charge in [0.2, 0.25) is 0 Å². The maximum atomic E-state index is 10.6. The van der Waals surface area contributed by atoms with Gasteiger partial charge in [0.15, 0.2) is 5.75 Å². The van der Waals surface area contributed by atoms with Crippen molar-refractivity contribution in [2.75, 3.05) is 0 Å². The fourth-order valence-electron chi connectivity index (χ4n) is 1.42. The molecule has 2 rings (SSSR count). The van der Waals surface area contributed by atoms with Gasteiger partial charge in [0.05, 0.1) is 0 Å². The van der Waals surface area contributed by atoms with Crippen LogP contribution in [0.3, 0.4) is 0 Å². The molecule has 0 amide bonds. The van der Waals surface area contributed by atoms with Crippen molar-refractivity contribution in [3.8, 4) is 16.9 Å². The Kier molecular flexibility index (Phi) is 3.12. The van der Waals surface area contributed by atoms with Crippen LogP contribution in [-0.2, 0) is 10.4 Å². The molecular formula is C12H9O4S. The molecule has 0 aliphatic rings. The Hall–Kier alpha value is -1.85. The monoisotopic (exact) mass is 249 g/mol. The van der Waals surface area contributed by atoms with Gasteiger partial charge in [0, 0.05) is 6.07 Å². The second-order valence-corrected chi connectivity index (χ2v) is 4.34. The number of hydrogen-bond acceptors (Lipinski definition) is 3. The summed E-state index contributed by atoms with van der Waals surface area (Å²) < 4.78 is 34.0. The summed E-state index contributed by atoms with van der Waals surface area (Å²) in [5.74, 6) is -0.0474. The quantitative estimate of drug-likeness (QED) is 0.848. The predicted octanol–water partition coefficient (Wildman–Crippen LogP) is 2.34. The van der Waals surface area contributed by atoms with E-state index in [9.17, 15) is 8.42 Å². The van der Waals surface area contributed by atoms with Crippen molar-refractivity contribution in [3.63, 3.8) is 0 Å². The van der Waals surface area contributed by atoms with E-state index in [0.717, 1.165) is 11.1 Å². The molecule has 0 bridgehead atoms. The number of hydrogen-bond donors (Lipinski definition) is 1. The third kappa shape index (κ3) is 3.30. The topological polar surface area (TPSA) is 63.6 Å². The van der Waals surface area contributed by atoms with E-state index < -0.39 is 10.4 Å². The molecule has 0 saturated carbocycles. The molecule has 1 N–H and O–H groups in total. The van der Waals surface area contributed by atoms with Crippen molar-refractivity contribution >= 4 is 10.4 Å². The van der Waals surface area contributed by atoms with Crippen LogP contribution < -0.4 is 4.18 Å². The lowest BCUT2D eigenvalue weighted by atomic mass is 10.1. The average molecular weight is 249 g/mol. The zero-order valence-electron chi connectivity index (χ0n) is 8.70. The van der Waals surface area contributed by atoms with Gasteiger partial charge in [-0.05, 0) is 23.3 Å². The van der Waals surface area contributed by atoms with Gasteiger partial charge < -0.3 is 4.18 Å². The highest BCUT2D eigenvalue weighted by Gasteiger charge is 2.07. The van der Waals surface area contributed by atoms with E-state index in [-0.39, 0.29) is 5.75 Å². The molecular weight excluding hydrogens is 240 g/mol. The van der Waals surface area contributed by atoms with Gasteiger partial charge in [0.25, 0.3) is 0 Å². The van der Waals surface area contributed by atoms with Crippen molar-refractivity contribution in [2.45, 2.75) is 0 Å². The zero-order valence-corrected chi connectivity index (χ0v) is 9.52. The average Bonchev–Trinajstić information content (AvgIpc) is 2.28. The Morgan fingerprint density at radius 2 is 1.76 bits per heavy atom. The Labute approximate surface area is 99.4 Å². The van der Waals surface area contributed by atoms with Crippen LogP contribution in [0.25, 0.3) is 11.1 Å². The first-order valence-electron chi connectivity index (χ1n) is 4.79. The lowest BCUT2D eigenvalue weighted by Crippen LogP contribution is -2.06. The van der Waals surface area contributed by atoms with Gasteiger partial charge >= 0.3 is 10.4 Å². The molecule has 0 fully saturated rings. The molecule has 5 heteroatoms. The molecule has 17 heavy (non-hydrogen) atoms. The maximum Gasteiger partial charge on any atom is 0.446 e. The second kappa shape index (κ2) is 4.57. The van der Waals surface area contributed by atoms with E-state index in [4.69, 9.17) is 4.55 Å². The van der Waals surface area contributed by atoms with Gasteiger partial charge in [-0.1, -0.05) is 36.4 Å². The largest absolute Gasteiger partial charge is 0.446 e. The normalized spacial score (nSPS) is 11.1. The summed E-state index contributed by atoms with van der Waals surface area (Å²) in [6.07, 6.45) is 0. The highest BCUT2D eigenvalue weighted by molar-refractivity contribution is 7.81. The predicted molar refractivity (Wildman–Crippen MR) is 62.9 cm³/mol. The van der Waals surface area contributed by atoms with Gasteiger partial charge in [-0.2, -0.15) is 8.42 Å². The van der Waals surface area contributed by atoms with Crippen molar-refractivity contribution in [1.82, 2.24) is 0 Å². The summed E-state index contributed by atoms with van der Waals surface area (Å²) in [4.78, 5) is 0. The highest BCUT2D eigenvalue weighted by atomic mass is 32.3. The minimum atomic E-state index is -4.51. The van der Waals surface area contributed by atoms with Crippen molar-refractivity contribution in [1.29, 1.82) is 0 Å². The van der Waals surface area contributed by atoms with Gasteiger partial charge in [-0.15, -0.1) is 0 Å². The standard InChI is InChI=1S/C12H9O4S/c13-17(14,15)16-12-8-4-7-11(9-12)10-5-2-1-3-6-10/h1-7,9H,(H,13,14,15). The van der Waals surface area contributed by atoms with E-state index >= 15 is 0 Å². The lowest BCUT2D eigenvalue weighted by molar-refractivity contribution is 0.386. The molecule has 0 aliphatic heterocycles. The minimum absolute atomic E-state index is 0.0474. The molecule has 0 atom stereocenters. The first-order chi connectivity index (χ1) is 8.04. The molecule has 0 aliphatic carbocycles. The fourth-order valence-corrected chi connectivity index (χ4v) is 1.74. The second-order valence-electron chi connectivity index (χ2n) is 3.32. The minimum Gasteiger partial charge on any atom is -0.361 e. The lowest BCUT2D eigenvalue weighted by Gasteiger charge is -2.04. The highest BCUT2D eigenvalue weighted by Crippen LogP contribution is 2.23. The fraction of sp³-hybridized carbons (Fsp3) is 0. The molecule has 0 aromatic heterocycles. The summed E-state index contributed by atoms with van der Waals surface area (Å²) in [6, 6.07) is 16.8. The summed E-state index contributed by atoms with van der Waals surface area (Å²) >= 11 is 0. The van der Waals surface area contributed by atoms with E-state index in [0.29, 0.717) is 0 Å². The van der Waals surface area contributed by atoms with E-state index in [2.05, 4.69) is 10.2 Å². The third-order valence-corrected chi connectivity index (χ3v) is 2.47. The molecule has 2 aromatic carbocycles. The molecule has 0 heterocycles. The first-order valence-corrected chi connectivity index (χ1v) is 6.15. The smallest absolute Gasteiger partial charge is 0.361 e. The number of benzene rings is 2. The van der Waals surface area contributed by atoms with Gasteiger partial charge in [0.1, 0.15) is 0 Å². The third-order valence-electron chi connectivity index (χ3n) is 2.08. The summed E-state index contributed by atoms with van der Waals surface area (Å²) in [6.45, 7) is 0. The summed E-state index contributed by atoms with van der Waals surface area (Å²) in [7, 11) is -4.51. The van der Waals surface area contributed by atoms with Gasteiger partial charge in [-0.3, -0.25) is 4.55 Å². The van der Waals surface area contributed by atoms with Crippen LogP contribution in [0.1, 0.15) is 0 Å². The Morgan fingerprint density at radius 1 is 1.06 bits per heavy atom. The van der Waals surface area contributed by atoms with Crippen LogP contribution in [0.4, 0.5) is 0 Å². The molecule has 0 spiro atoms. The molecule has 0 saturated heterocycles. The SMILES string of the molecule is O=S(=O)(O)Oc1[c]ccc(-c2ccccc2)c1.